The molecule has 0 spiro atoms. The molecule has 102 valence electrons. The van der Waals surface area contributed by atoms with E-state index in [1.807, 2.05) is 25.1 Å². The number of para-hydroxylation sites is 1. The van der Waals surface area contributed by atoms with Crippen molar-refractivity contribution in [2.75, 3.05) is 33.5 Å². The van der Waals surface area contributed by atoms with Gasteiger partial charge < -0.3 is 19.9 Å². The van der Waals surface area contributed by atoms with Gasteiger partial charge in [-0.25, -0.2) is 0 Å². The minimum atomic E-state index is 0.501. The van der Waals surface area contributed by atoms with E-state index < -0.39 is 0 Å². The third kappa shape index (κ3) is 5.04. The van der Waals surface area contributed by atoms with E-state index in [1.54, 1.807) is 7.11 Å². The lowest BCUT2D eigenvalue weighted by atomic mass is 10.1. The normalized spacial score (nSPS) is 10.6. The van der Waals surface area contributed by atoms with E-state index in [0.717, 1.165) is 23.3 Å². The molecule has 4 heteroatoms. The summed E-state index contributed by atoms with van der Waals surface area (Å²) in [6.45, 7) is 5.13. The molecule has 1 rings (SSSR count). The fourth-order valence-electron chi connectivity index (χ4n) is 1.66. The maximum absolute atomic E-state index is 5.77. The third-order valence-electron chi connectivity index (χ3n) is 2.62. The summed E-state index contributed by atoms with van der Waals surface area (Å²) in [6.07, 6.45) is 0.863. The number of nitrogens with two attached hydrogens (primary N) is 1. The van der Waals surface area contributed by atoms with Crippen molar-refractivity contribution >= 4 is 0 Å². The van der Waals surface area contributed by atoms with Crippen molar-refractivity contribution < 1.29 is 14.2 Å². The largest absolute Gasteiger partial charge is 0.493 e. The van der Waals surface area contributed by atoms with Gasteiger partial charge >= 0.3 is 0 Å². The number of methoxy groups -OCH3 is 1. The highest BCUT2D eigenvalue weighted by Gasteiger charge is 2.04. The summed E-state index contributed by atoms with van der Waals surface area (Å²) in [7, 11) is 1.67. The van der Waals surface area contributed by atoms with Gasteiger partial charge in [-0.15, -0.1) is 0 Å². The van der Waals surface area contributed by atoms with Crippen LogP contribution >= 0.6 is 0 Å². The van der Waals surface area contributed by atoms with Gasteiger partial charge in [-0.1, -0.05) is 18.2 Å². The van der Waals surface area contributed by atoms with Crippen molar-refractivity contribution in [3.05, 3.63) is 29.3 Å². The first-order chi connectivity index (χ1) is 8.79. The average Bonchev–Trinajstić information content (AvgIpc) is 2.39. The van der Waals surface area contributed by atoms with Crippen LogP contribution in [-0.4, -0.2) is 33.5 Å². The SMILES string of the molecule is COCCOCCCOc1c(C)cccc1CN. The minimum absolute atomic E-state index is 0.501. The summed E-state index contributed by atoms with van der Waals surface area (Å²) in [5, 5.41) is 0. The summed E-state index contributed by atoms with van der Waals surface area (Å²) < 4.78 is 16.0. The van der Waals surface area contributed by atoms with Crippen LogP contribution in [0.5, 0.6) is 5.75 Å². The van der Waals surface area contributed by atoms with E-state index in [2.05, 4.69) is 0 Å². The van der Waals surface area contributed by atoms with E-state index in [0.29, 0.717) is 33.0 Å². The molecule has 2 N–H and O–H groups in total. The van der Waals surface area contributed by atoms with Crippen LogP contribution in [-0.2, 0) is 16.0 Å². The summed E-state index contributed by atoms with van der Waals surface area (Å²) in [6, 6.07) is 6.03. The van der Waals surface area contributed by atoms with Crippen LogP contribution in [0.4, 0.5) is 0 Å². The van der Waals surface area contributed by atoms with Crippen molar-refractivity contribution in [1.29, 1.82) is 0 Å². The Balaban J connectivity index is 2.26. The molecule has 18 heavy (non-hydrogen) atoms. The van der Waals surface area contributed by atoms with Crippen molar-refractivity contribution in [3.8, 4) is 5.75 Å². The van der Waals surface area contributed by atoms with Crippen molar-refractivity contribution in [3.63, 3.8) is 0 Å². The molecule has 0 amide bonds. The molecule has 0 saturated carbocycles. The average molecular weight is 253 g/mol. The summed E-state index contributed by atoms with van der Waals surface area (Å²) in [5.41, 5.74) is 7.86. The van der Waals surface area contributed by atoms with Crippen LogP contribution in [0, 0.1) is 6.92 Å². The molecule has 0 fully saturated rings. The molecule has 0 aliphatic rings. The highest BCUT2D eigenvalue weighted by atomic mass is 16.5. The number of ether oxygens (including phenoxy) is 3. The number of aryl methyl sites for hydroxylation is 1. The zero-order chi connectivity index (χ0) is 13.2. The maximum Gasteiger partial charge on any atom is 0.126 e. The lowest BCUT2D eigenvalue weighted by Crippen LogP contribution is -2.09. The Bertz CT molecular complexity index is 342. The Labute approximate surface area is 109 Å². The molecule has 0 saturated heterocycles. The molecule has 0 radical (unpaired) electrons. The molecule has 0 aliphatic carbocycles. The van der Waals surface area contributed by atoms with Crippen molar-refractivity contribution in [2.45, 2.75) is 19.9 Å². The molecule has 0 bridgehead atoms. The summed E-state index contributed by atoms with van der Waals surface area (Å²) in [5.74, 6) is 0.914. The third-order valence-corrected chi connectivity index (χ3v) is 2.62. The second-order valence-corrected chi connectivity index (χ2v) is 4.07. The quantitative estimate of drug-likeness (QED) is 0.683. The van der Waals surface area contributed by atoms with E-state index >= 15 is 0 Å². The predicted octanol–water partition coefficient (Wildman–Crippen LogP) is 1.89. The van der Waals surface area contributed by atoms with Gasteiger partial charge in [0.15, 0.2) is 0 Å². The molecule has 1 aromatic rings. The molecule has 0 aliphatic heterocycles. The van der Waals surface area contributed by atoms with Gasteiger partial charge in [-0.3, -0.25) is 0 Å². The van der Waals surface area contributed by atoms with E-state index in [1.165, 1.54) is 0 Å². The molecule has 4 nitrogen and oxygen atoms in total. The Kier molecular flexibility index (Phi) is 7.41. The smallest absolute Gasteiger partial charge is 0.126 e. The first-order valence-corrected chi connectivity index (χ1v) is 6.27. The van der Waals surface area contributed by atoms with Crippen LogP contribution < -0.4 is 10.5 Å². The van der Waals surface area contributed by atoms with Crippen LogP contribution in [0.3, 0.4) is 0 Å². The van der Waals surface area contributed by atoms with Gasteiger partial charge in [0, 0.05) is 32.2 Å². The zero-order valence-electron chi connectivity index (χ0n) is 11.3. The summed E-state index contributed by atoms with van der Waals surface area (Å²) in [4.78, 5) is 0. The second kappa shape index (κ2) is 8.91. The maximum atomic E-state index is 5.77. The topological polar surface area (TPSA) is 53.7 Å². The van der Waals surface area contributed by atoms with Gasteiger partial charge in [0.05, 0.1) is 19.8 Å². The first kappa shape index (κ1) is 15.0. The molecule has 0 aromatic heterocycles. The Hall–Kier alpha value is -1.10. The molecular formula is C14H23NO3. The lowest BCUT2D eigenvalue weighted by molar-refractivity contribution is 0.0643. The number of benzene rings is 1. The molecular weight excluding hydrogens is 230 g/mol. The Morgan fingerprint density at radius 2 is 1.94 bits per heavy atom. The molecule has 0 atom stereocenters. The van der Waals surface area contributed by atoms with Crippen LogP contribution in [0.2, 0.25) is 0 Å². The monoisotopic (exact) mass is 253 g/mol. The fraction of sp³-hybridized carbons (Fsp3) is 0.571. The standard InChI is InChI=1S/C14H23NO3/c1-12-5-3-6-13(11-15)14(12)18-8-4-7-17-10-9-16-2/h3,5-6H,4,7-11,15H2,1-2H3. The van der Waals surface area contributed by atoms with Gasteiger partial charge in [-0.2, -0.15) is 0 Å². The van der Waals surface area contributed by atoms with Gasteiger partial charge in [-0.05, 0) is 12.5 Å². The molecule has 0 unspecified atom stereocenters. The highest BCUT2D eigenvalue weighted by Crippen LogP contribution is 2.22. The number of rotatable bonds is 9. The van der Waals surface area contributed by atoms with Crippen LogP contribution in [0.15, 0.2) is 18.2 Å². The second-order valence-electron chi connectivity index (χ2n) is 4.07. The van der Waals surface area contributed by atoms with Gasteiger partial charge in [0.2, 0.25) is 0 Å². The predicted molar refractivity (Wildman–Crippen MR) is 71.9 cm³/mol. The van der Waals surface area contributed by atoms with E-state index in [-0.39, 0.29) is 0 Å². The lowest BCUT2D eigenvalue weighted by Gasteiger charge is -2.13. The molecule has 1 aromatic carbocycles. The fourth-order valence-corrected chi connectivity index (χ4v) is 1.66. The van der Waals surface area contributed by atoms with Crippen molar-refractivity contribution in [2.24, 2.45) is 5.73 Å². The Morgan fingerprint density at radius 3 is 2.67 bits per heavy atom. The zero-order valence-corrected chi connectivity index (χ0v) is 11.3. The number of hydrogen-bond donors (Lipinski definition) is 1. The first-order valence-electron chi connectivity index (χ1n) is 6.27. The van der Waals surface area contributed by atoms with Gasteiger partial charge in [0.1, 0.15) is 5.75 Å². The van der Waals surface area contributed by atoms with Crippen LogP contribution in [0.25, 0.3) is 0 Å². The summed E-state index contributed by atoms with van der Waals surface area (Å²) >= 11 is 0. The molecule has 0 heterocycles. The number of hydrogen-bond acceptors (Lipinski definition) is 4. The Morgan fingerprint density at radius 1 is 1.11 bits per heavy atom. The van der Waals surface area contributed by atoms with Crippen molar-refractivity contribution in [1.82, 2.24) is 0 Å². The van der Waals surface area contributed by atoms with E-state index in [9.17, 15) is 0 Å². The highest BCUT2D eigenvalue weighted by molar-refractivity contribution is 5.40. The van der Waals surface area contributed by atoms with E-state index in [4.69, 9.17) is 19.9 Å². The minimum Gasteiger partial charge on any atom is -0.493 e. The van der Waals surface area contributed by atoms with Crippen LogP contribution in [0.1, 0.15) is 17.5 Å². The van der Waals surface area contributed by atoms with Gasteiger partial charge in [0.25, 0.3) is 0 Å².